The van der Waals surface area contributed by atoms with E-state index in [2.05, 4.69) is 27.3 Å². The van der Waals surface area contributed by atoms with Crippen molar-refractivity contribution in [3.05, 3.63) is 93.2 Å². The van der Waals surface area contributed by atoms with Gasteiger partial charge in [-0.2, -0.15) is 0 Å². The number of anilines is 1. The van der Waals surface area contributed by atoms with E-state index in [0.29, 0.717) is 21.2 Å². The Balaban J connectivity index is 1.12. The molecule has 6 nitrogen and oxygen atoms in total. The van der Waals surface area contributed by atoms with Crippen LogP contribution in [0.3, 0.4) is 0 Å². The second kappa shape index (κ2) is 10.2. The predicted octanol–water partition coefficient (Wildman–Crippen LogP) is 5.94. The number of nitrogens with one attached hydrogen (secondary N) is 1. The molecule has 3 aromatic rings. The number of benzene rings is 2. The number of hydrogen-bond acceptors (Lipinski definition) is 4. The number of rotatable bonds is 4. The second-order valence-corrected chi connectivity index (χ2v) is 11.6. The summed E-state index contributed by atoms with van der Waals surface area (Å²) < 4.78 is 0. The molecule has 0 radical (unpaired) electrons. The highest BCUT2D eigenvalue weighted by molar-refractivity contribution is 6.35. The molecule has 0 saturated carbocycles. The molecular formula is C30H30Cl2N4O2. The molecule has 2 saturated heterocycles. The van der Waals surface area contributed by atoms with Crippen LogP contribution in [0.1, 0.15) is 63.6 Å². The smallest absolute Gasteiger partial charge is 0.253 e. The van der Waals surface area contributed by atoms with Gasteiger partial charge in [-0.1, -0.05) is 29.3 Å². The monoisotopic (exact) mass is 548 g/mol. The first-order valence-corrected chi connectivity index (χ1v) is 14.0. The third-order valence-corrected chi connectivity index (χ3v) is 9.09. The van der Waals surface area contributed by atoms with E-state index in [1.165, 1.54) is 11.3 Å². The van der Waals surface area contributed by atoms with E-state index in [0.717, 1.165) is 63.8 Å². The maximum absolute atomic E-state index is 13.6. The van der Waals surface area contributed by atoms with Gasteiger partial charge in [0.25, 0.3) is 11.8 Å². The zero-order valence-corrected chi connectivity index (χ0v) is 22.6. The molecule has 1 aromatic heterocycles. The van der Waals surface area contributed by atoms with Crippen LogP contribution in [-0.2, 0) is 6.42 Å². The normalized spacial score (nSPS) is 20.0. The molecule has 6 rings (SSSR count). The molecule has 1 atom stereocenters. The van der Waals surface area contributed by atoms with Gasteiger partial charge >= 0.3 is 0 Å². The van der Waals surface area contributed by atoms with E-state index in [9.17, 15) is 9.59 Å². The number of aromatic nitrogens is 1. The maximum atomic E-state index is 13.6. The number of carbonyl (C=O) groups excluding carboxylic acids is 2. The summed E-state index contributed by atoms with van der Waals surface area (Å²) in [5, 5.41) is 3.93. The minimum atomic E-state index is -0.258. The molecule has 2 amide bonds. The molecule has 2 fully saturated rings. The van der Waals surface area contributed by atoms with Crippen LogP contribution in [0.4, 0.5) is 5.69 Å². The second-order valence-electron chi connectivity index (χ2n) is 10.8. The molecule has 1 unspecified atom stereocenters. The van der Waals surface area contributed by atoms with Crippen LogP contribution >= 0.6 is 23.2 Å². The van der Waals surface area contributed by atoms with Crippen molar-refractivity contribution in [3.8, 4) is 0 Å². The largest absolute Gasteiger partial charge is 0.371 e. The number of fused-ring (bicyclic) bond motifs is 1. The van der Waals surface area contributed by atoms with Gasteiger partial charge < -0.3 is 15.1 Å². The molecule has 3 aliphatic rings. The molecule has 0 bridgehead atoms. The molecule has 2 aromatic carbocycles. The molecule has 8 heteroatoms. The molecule has 3 heterocycles. The lowest BCUT2D eigenvalue weighted by molar-refractivity contribution is 0.0764. The lowest BCUT2D eigenvalue weighted by atomic mass is 9.77. The van der Waals surface area contributed by atoms with E-state index >= 15 is 0 Å². The Morgan fingerprint density at radius 2 is 1.71 bits per heavy atom. The van der Waals surface area contributed by atoms with Crippen molar-refractivity contribution < 1.29 is 9.59 Å². The van der Waals surface area contributed by atoms with Crippen molar-refractivity contribution in [2.24, 2.45) is 5.41 Å². The Kier molecular flexibility index (Phi) is 6.79. The zero-order chi connectivity index (χ0) is 26.3. The van der Waals surface area contributed by atoms with Gasteiger partial charge in [-0.15, -0.1) is 0 Å². The average Bonchev–Trinajstić information content (AvgIpc) is 3.54. The van der Waals surface area contributed by atoms with E-state index < -0.39 is 0 Å². The number of carbonyl (C=O) groups is 2. The Labute approximate surface area is 232 Å². The summed E-state index contributed by atoms with van der Waals surface area (Å²) >= 11 is 12.3. The number of halogens is 2. The van der Waals surface area contributed by atoms with Crippen LogP contribution < -0.4 is 10.2 Å². The Morgan fingerprint density at radius 1 is 0.947 bits per heavy atom. The summed E-state index contributed by atoms with van der Waals surface area (Å²) in [7, 11) is 0. The molecule has 1 N–H and O–H groups in total. The number of amides is 2. The average molecular weight is 550 g/mol. The van der Waals surface area contributed by atoms with Crippen LogP contribution in [0.2, 0.25) is 10.0 Å². The number of pyridine rings is 1. The van der Waals surface area contributed by atoms with Gasteiger partial charge in [-0.05, 0) is 91.1 Å². The quantitative estimate of drug-likeness (QED) is 0.438. The van der Waals surface area contributed by atoms with E-state index in [1.54, 1.807) is 18.2 Å². The highest BCUT2D eigenvalue weighted by atomic mass is 35.5. The van der Waals surface area contributed by atoms with Crippen molar-refractivity contribution in [2.45, 2.75) is 38.1 Å². The van der Waals surface area contributed by atoms with Gasteiger partial charge in [0.15, 0.2) is 0 Å². The third kappa shape index (κ3) is 4.87. The Bertz CT molecular complexity index is 1370. The minimum absolute atomic E-state index is 0.0797. The summed E-state index contributed by atoms with van der Waals surface area (Å²) in [5.41, 5.74) is 4.66. The molecule has 196 valence electrons. The fourth-order valence-corrected chi connectivity index (χ4v) is 6.66. The number of aryl methyl sites for hydroxylation is 1. The summed E-state index contributed by atoms with van der Waals surface area (Å²) in [6.45, 7) is 3.60. The maximum Gasteiger partial charge on any atom is 0.253 e. The van der Waals surface area contributed by atoms with Crippen molar-refractivity contribution in [1.82, 2.24) is 15.2 Å². The molecule has 2 aliphatic heterocycles. The van der Waals surface area contributed by atoms with Crippen molar-refractivity contribution in [3.63, 3.8) is 0 Å². The first-order chi connectivity index (χ1) is 18.4. The van der Waals surface area contributed by atoms with Gasteiger partial charge in [0, 0.05) is 54.8 Å². The Hall–Kier alpha value is -3.09. The van der Waals surface area contributed by atoms with Crippen LogP contribution in [0.15, 0.2) is 60.9 Å². The van der Waals surface area contributed by atoms with Gasteiger partial charge in [-0.25, -0.2) is 0 Å². The van der Waals surface area contributed by atoms with Gasteiger partial charge in [-0.3, -0.25) is 14.6 Å². The Morgan fingerprint density at radius 3 is 2.50 bits per heavy atom. The van der Waals surface area contributed by atoms with Crippen LogP contribution in [0, 0.1) is 5.41 Å². The number of hydrogen-bond donors (Lipinski definition) is 1. The summed E-state index contributed by atoms with van der Waals surface area (Å²) in [6.07, 6.45) is 8.56. The highest BCUT2D eigenvalue weighted by Crippen LogP contribution is 2.42. The lowest BCUT2D eigenvalue weighted by Crippen LogP contribution is -2.42. The fourth-order valence-electron chi connectivity index (χ4n) is 6.29. The first kappa shape index (κ1) is 25.2. The fraction of sp³-hybridized carbons (Fsp3) is 0.367. The van der Waals surface area contributed by atoms with E-state index in [4.69, 9.17) is 23.2 Å². The molecule has 38 heavy (non-hydrogen) atoms. The van der Waals surface area contributed by atoms with E-state index in [1.807, 2.05) is 35.5 Å². The van der Waals surface area contributed by atoms with Crippen molar-refractivity contribution in [2.75, 3.05) is 31.1 Å². The van der Waals surface area contributed by atoms with E-state index in [-0.39, 0.29) is 23.3 Å². The van der Waals surface area contributed by atoms with Crippen LogP contribution in [0.25, 0.3) is 0 Å². The number of piperidine rings is 1. The third-order valence-electron chi connectivity index (χ3n) is 8.53. The summed E-state index contributed by atoms with van der Waals surface area (Å²) in [6, 6.07) is 14.8. The lowest BCUT2D eigenvalue weighted by Gasteiger charge is -2.40. The summed E-state index contributed by atoms with van der Waals surface area (Å²) in [4.78, 5) is 35.1. The molecule has 1 spiro atoms. The van der Waals surface area contributed by atoms with Crippen molar-refractivity contribution in [1.29, 1.82) is 0 Å². The minimum Gasteiger partial charge on any atom is -0.371 e. The standard InChI is InChI=1S/C30H30Cl2N4O2/c31-22-4-5-26(32)25(18-22)28(37)34-27-6-3-20-1-2-21(17-24(20)27)29(38)36-16-11-30(19-36)9-14-35(15-10-30)23-7-12-33-13-8-23/h1-2,4-5,7-8,12-13,17-18,27H,3,6,9-11,14-16,19H2,(H,34,37). The topological polar surface area (TPSA) is 65.5 Å². The SMILES string of the molecule is O=C(NC1CCc2ccc(C(=O)N3CCC4(CCN(c5ccncc5)CC4)C3)cc21)c1cc(Cl)ccc1Cl. The molecular weight excluding hydrogens is 519 g/mol. The molecule has 1 aliphatic carbocycles. The zero-order valence-electron chi connectivity index (χ0n) is 21.1. The van der Waals surface area contributed by atoms with Gasteiger partial charge in [0.1, 0.15) is 0 Å². The van der Waals surface area contributed by atoms with Crippen LogP contribution in [0.5, 0.6) is 0 Å². The van der Waals surface area contributed by atoms with Crippen LogP contribution in [-0.4, -0.2) is 47.9 Å². The number of nitrogens with zero attached hydrogens (tertiary/aromatic N) is 3. The van der Waals surface area contributed by atoms with Crippen molar-refractivity contribution >= 4 is 40.7 Å². The van der Waals surface area contributed by atoms with Gasteiger partial charge in [0.2, 0.25) is 0 Å². The summed E-state index contributed by atoms with van der Waals surface area (Å²) in [5.74, 6) is -0.178. The highest BCUT2D eigenvalue weighted by Gasteiger charge is 2.42. The first-order valence-electron chi connectivity index (χ1n) is 13.2. The van der Waals surface area contributed by atoms with Gasteiger partial charge in [0.05, 0.1) is 16.6 Å². The number of likely N-dealkylation sites (tertiary alicyclic amines) is 1. The predicted molar refractivity (Wildman–Crippen MR) is 150 cm³/mol.